The van der Waals surface area contributed by atoms with Crippen LogP contribution in [0.25, 0.3) is 0 Å². The molecule has 0 aliphatic carbocycles. The minimum atomic E-state index is -3.71. The van der Waals surface area contributed by atoms with Gasteiger partial charge >= 0.3 is 5.97 Å². The summed E-state index contributed by atoms with van der Waals surface area (Å²) in [4.78, 5) is 22.2. The average Bonchev–Trinajstić information content (AvgIpc) is 2.52. The van der Waals surface area contributed by atoms with Gasteiger partial charge in [-0.1, -0.05) is 0 Å². The number of hydrogen-bond donors (Lipinski definition) is 2. The van der Waals surface area contributed by atoms with Gasteiger partial charge in [-0.25, -0.2) is 8.42 Å². The van der Waals surface area contributed by atoms with E-state index in [0.29, 0.717) is 5.75 Å². The first kappa shape index (κ1) is 18.8. The van der Waals surface area contributed by atoms with E-state index in [1.165, 1.54) is 39.3 Å². The van der Waals surface area contributed by atoms with E-state index in [4.69, 9.17) is 14.6 Å². The fourth-order valence-corrected chi connectivity index (χ4v) is 2.98. The van der Waals surface area contributed by atoms with Crippen molar-refractivity contribution in [2.45, 2.75) is 24.3 Å². The van der Waals surface area contributed by atoms with E-state index in [2.05, 4.69) is 5.32 Å². The van der Waals surface area contributed by atoms with Crippen molar-refractivity contribution in [3.8, 4) is 11.5 Å². The molecule has 9 heteroatoms. The van der Waals surface area contributed by atoms with Gasteiger partial charge in [0.2, 0.25) is 5.91 Å². The lowest BCUT2D eigenvalue weighted by Crippen LogP contribution is -2.38. The minimum Gasteiger partial charge on any atom is -0.493 e. The molecule has 0 saturated heterocycles. The third-order valence-corrected chi connectivity index (χ3v) is 4.77. The van der Waals surface area contributed by atoms with Gasteiger partial charge in [-0.15, -0.1) is 0 Å². The van der Waals surface area contributed by atoms with Crippen molar-refractivity contribution >= 4 is 21.7 Å². The molecule has 1 aromatic rings. The van der Waals surface area contributed by atoms with Crippen LogP contribution in [0.3, 0.4) is 0 Å². The molecular weight excluding hydrogens is 326 g/mol. The lowest BCUT2D eigenvalue weighted by atomic mass is 10.3. The van der Waals surface area contributed by atoms with E-state index in [1.807, 2.05) is 0 Å². The summed E-state index contributed by atoms with van der Waals surface area (Å²) in [6, 6.07) is 3.05. The van der Waals surface area contributed by atoms with Crippen molar-refractivity contribution in [3.05, 3.63) is 18.2 Å². The Bertz CT molecular complexity index is 684. The number of amides is 1. The lowest BCUT2D eigenvalue weighted by Gasteiger charge is -2.11. The summed E-state index contributed by atoms with van der Waals surface area (Å²) in [6.07, 6.45) is -0.339. The van der Waals surface area contributed by atoms with Gasteiger partial charge in [0.05, 0.1) is 24.9 Å². The number of aliphatic carboxylic acids is 1. The third-order valence-electron chi connectivity index (χ3n) is 3.06. The summed E-state index contributed by atoms with van der Waals surface area (Å²) < 4.78 is 34.5. The smallest absolute Gasteiger partial charge is 0.325 e. The van der Waals surface area contributed by atoms with E-state index in [0.717, 1.165) is 0 Å². The Balaban J connectivity index is 2.80. The van der Waals surface area contributed by atoms with Crippen LogP contribution in [-0.2, 0) is 19.4 Å². The number of rotatable bonds is 8. The molecule has 1 rings (SSSR count). The molecule has 0 spiro atoms. The molecule has 2 N–H and O–H groups in total. The van der Waals surface area contributed by atoms with Crippen LogP contribution in [0, 0.1) is 0 Å². The molecule has 0 radical (unpaired) electrons. The van der Waals surface area contributed by atoms with Gasteiger partial charge in [0.25, 0.3) is 0 Å². The predicted molar refractivity (Wildman–Crippen MR) is 81.5 cm³/mol. The van der Waals surface area contributed by atoms with Crippen molar-refractivity contribution in [1.82, 2.24) is 5.32 Å². The number of hydrogen-bond acceptors (Lipinski definition) is 6. The number of carbonyl (C=O) groups is 2. The number of carboxylic acid groups (broad SMARTS) is 1. The second-order valence-electron chi connectivity index (χ2n) is 4.71. The molecule has 0 fully saturated rings. The summed E-state index contributed by atoms with van der Waals surface area (Å²) in [5, 5.41) is 10.9. The molecule has 128 valence electrons. The number of methoxy groups -OCH3 is 2. The van der Waals surface area contributed by atoms with Crippen LogP contribution in [0.2, 0.25) is 0 Å². The molecule has 0 unspecified atom stereocenters. The van der Waals surface area contributed by atoms with E-state index in [-0.39, 0.29) is 17.1 Å². The summed E-state index contributed by atoms with van der Waals surface area (Å²) in [5.41, 5.74) is 0. The largest absolute Gasteiger partial charge is 0.493 e. The highest BCUT2D eigenvalue weighted by molar-refractivity contribution is 7.91. The van der Waals surface area contributed by atoms with Gasteiger partial charge in [-0.05, 0) is 19.1 Å². The van der Waals surface area contributed by atoms with Gasteiger partial charge in [0, 0.05) is 12.5 Å². The Kier molecular flexibility index (Phi) is 6.38. The van der Waals surface area contributed by atoms with Gasteiger partial charge in [-0.2, -0.15) is 0 Å². The Morgan fingerprint density at radius 3 is 2.35 bits per heavy atom. The zero-order chi connectivity index (χ0) is 17.6. The average molecular weight is 345 g/mol. The van der Waals surface area contributed by atoms with Crippen LogP contribution >= 0.6 is 0 Å². The third kappa shape index (κ3) is 5.13. The molecule has 0 aromatic heterocycles. The second kappa shape index (κ2) is 7.82. The Morgan fingerprint density at radius 2 is 1.83 bits per heavy atom. The van der Waals surface area contributed by atoms with E-state index in [9.17, 15) is 18.0 Å². The molecule has 23 heavy (non-hydrogen) atoms. The standard InChI is InChI=1S/C14H19NO7S/c1-9(14(17)18)15-13(16)6-7-23(19,20)10-4-5-11(21-2)12(8-10)22-3/h4-5,8-9H,6-7H2,1-3H3,(H,15,16)(H,17,18)/t9-/m0/s1. The molecular formula is C14H19NO7S. The molecule has 1 aromatic carbocycles. The van der Waals surface area contributed by atoms with Crippen molar-refractivity contribution in [2.75, 3.05) is 20.0 Å². The number of carboxylic acids is 1. The maximum Gasteiger partial charge on any atom is 0.325 e. The van der Waals surface area contributed by atoms with E-state index >= 15 is 0 Å². The Morgan fingerprint density at radius 1 is 1.22 bits per heavy atom. The van der Waals surface area contributed by atoms with Crippen molar-refractivity contribution in [1.29, 1.82) is 0 Å². The number of sulfone groups is 1. The van der Waals surface area contributed by atoms with Crippen LogP contribution < -0.4 is 14.8 Å². The molecule has 1 atom stereocenters. The number of ether oxygens (including phenoxy) is 2. The summed E-state index contributed by atoms with van der Waals surface area (Å²) >= 11 is 0. The maximum absolute atomic E-state index is 12.2. The van der Waals surface area contributed by atoms with Gasteiger partial charge in [-0.3, -0.25) is 9.59 Å². The van der Waals surface area contributed by atoms with Gasteiger partial charge in [0.15, 0.2) is 21.3 Å². The van der Waals surface area contributed by atoms with Gasteiger partial charge in [0.1, 0.15) is 6.04 Å². The zero-order valence-corrected chi connectivity index (χ0v) is 13.8. The van der Waals surface area contributed by atoms with E-state index in [1.54, 1.807) is 0 Å². The first-order valence-corrected chi connectivity index (χ1v) is 8.33. The van der Waals surface area contributed by atoms with Crippen molar-refractivity contribution < 1.29 is 32.6 Å². The Labute approximate surface area is 134 Å². The maximum atomic E-state index is 12.2. The molecule has 0 aliphatic heterocycles. The predicted octanol–water partition coefficient (Wildman–Crippen LogP) is 0.457. The lowest BCUT2D eigenvalue weighted by molar-refractivity contribution is -0.141. The number of benzene rings is 1. The first-order chi connectivity index (χ1) is 10.7. The summed E-state index contributed by atoms with van der Waals surface area (Å²) in [5.74, 6) is -1.64. The quantitative estimate of drug-likeness (QED) is 0.702. The second-order valence-corrected chi connectivity index (χ2v) is 6.82. The monoisotopic (exact) mass is 345 g/mol. The summed E-state index contributed by atoms with van der Waals surface area (Å²) in [7, 11) is -0.898. The van der Waals surface area contributed by atoms with Crippen LogP contribution in [-0.4, -0.2) is 51.4 Å². The van der Waals surface area contributed by atoms with Gasteiger partial charge < -0.3 is 19.9 Å². The summed E-state index contributed by atoms with van der Waals surface area (Å²) in [6.45, 7) is 1.29. The zero-order valence-electron chi connectivity index (χ0n) is 13.0. The highest BCUT2D eigenvalue weighted by Crippen LogP contribution is 2.29. The molecule has 0 saturated carbocycles. The van der Waals surface area contributed by atoms with Crippen LogP contribution in [0.15, 0.2) is 23.1 Å². The Hall–Kier alpha value is -2.29. The minimum absolute atomic E-state index is 0.00534. The van der Waals surface area contributed by atoms with Crippen molar-refractivity contribution in [2.24, 2.45) is 0 Å². The fraction of sp³-hybridized carbons (Fsp3) is 0.429. The normalized spacial score (nSPS) is 12.3. The van der Waals surface area contributed by atoms with Crippen LogP contribution in [0.1, 0.15) is 13.3 Å². The molecule has 1 amide bonds. The fourth-order valence-electron chi connectivity index (χ4n) is 1.73. The highest BCUT2D eigenvalue weighted by Gasteiger charge is 2.20. The van der Waals surface area contributed by atoms with E-state index < -0.39 is 33.5 Å². The molecule has 8 nitrogen and oxygen atoms in total. The SMILES string of the molecule is COc1ccc(S(=O)(=O)CCC(=O)N[C@@H](C)C(=O)O)cc1OC. The molecule has 0 aliphatic rings. The van der Waals surface area contributed by atoms with Crippen molar-refractivity contribution in [3.63, 3.8) is 0 Å². The van der Waals surface area contributed by atoms with Crippen LogP contribution in [0.5, 0.6) is 11.5 Å². The number of carbonyl (C=O) groups excluding carboxylic acids is 1. The highest BCUT2D eigenvalue weighted by atomic mass is 32.2. The first-order valence-electron chi connectivity index (χ1n) is 6.68. The molecule has 0 bridgehead atoms. The van der Waals surface area contributed by atoms with Crippen LogP contribution in [0.4, 0.5) is 0 Å². The topological polar surface area (TPSA) is 119 Å². The number of nitrogens with one attached hydrogen (secondary N) is 1. The molecule has 0 heterocycles.